The monoisotopic (exact) mass is 363 g/mol. The number of benzene rings is 1. The van der Waals surface area contributed by atoms with Crippen LogP contribution in [0.25, 0.3) is 0 Å². The molecule has 2 atom stereocenters. The molecular formula is C18H22BrNO2. The van der Waals surface area contributed by atoms with Crippen LogP contribution in [-0.2, 0) is 9.47 Å². The molecule has 0 bridgehead atoms. The fourth-order valence-electron chi connectivity index (χ4n) is 2.48. The molecule has 0 N–H and O–H groups in total. The second kappa shape index (κ2) is 9.03. The third-order valence-electron chi connectivity index (χ3n) is 3.66. The van der Waals surface area contributed by atoms with E-state index in [4.69, 9.17) is 9.47 Å². The van der Waals surface area contributed by atoms with Crippen LogP contribution in [0.2, 0.25) is 0 Å². The van der Waals surface area contributed by atoms with Crippen LogP contribution in [0.4, 0.5) is 0 Å². The fraction of sp³-hybridized carbons (Fsp3) is 0.389. The molecule has 3 nitrogen and oxygen atoms in total. The molecule has 1 aliphatic heterocycles. The van der Waals surface area contributed by atoms with Crippen LogP contribution < -0.4 is 0 Å². The van der Waals surface area contributed by atoms with Crippen LogP contribution in [0.15, 0.2) is 58.2 Å². The Morgan fingerprint density at radius 2 is 2.14 bits per heavy atom. The van der Waals surface area contributed by atoms with Gasteiger partial charge in [-0.25, -0.2) is 0 Å². The number of aliphatic imine (C=N–C) groups is 1. The van der Waals surface area contributed by atoms with E-state index in [9.17, 15) is 0 Å². The number of allylic oxidation sites excluding steroid dienone is 2. The number of hydrogen-bond donors (Lipinski definition) is 0. The van der Waals surface area contributed by atoms with Crippen molar-refractivity contribution in [2.24, 2.45) is 4.99 Å². The van der Waals surface area contributed by atoms with Gasteiger partial charge in [0, 0.05) is 17.1 Å². The van der Waals surface area contributed by atoms with Crippen molar-refractivity contribution in [3.8, 4) is 0 Å². The van der Waals surface area contributed by atoms with Gasteiger partial charge in [-0.15, -0.1) is 0 Å². The van der Waals surface area contributed by atoms with E-state index in [0.29, 0.717) is 6.61 Å². The quantitative estimate of drug-likeness (QED) is 0.361. The third-order valence-corrected chi connectivity index (χ3v) is 4.18. The van der Waals surface area contributed by atoms with Gasteiger partial charge < -0.3 is 9.47 Å². The second-order valence-corrected chi connectivity index (χ2v) is 6.16. The van der Waals surface area contributed by atoms with Gasteiger partial charge in [-0.3, -0.25) is 4.99 Å². The molecule has 0 radical (unpaired) electrons. The maximum absolute atomic E-state index is 5.97. The van der Waals surface area contributed by atoms with Gasteiger partial charge in [-0.1, -0.05) is 40.7 Å². The van der Waals surface area contributed by atoms with Gasteiger partial charge in [-0.2, -0.15) is 0 Å². The maximum atomic E-state index is 5.97. The molecular weight excluding hydrogens is 342 g/mol. The minimum absolute atomic E-state index is 0.0951. The minimum Gasteiger partial charge on any atom is -0.353 e. The highest BCUT2D eigenvalue weighted by Gasteiger charge is 2.26. The summed E-state index contributed by atoms with van der Waals surface area (Å²) in [6.07, 6.45) is 7.37. The Kier molecular flexibility index (Phi) is 7.03. The molecule has 1 aliphatic rings. The molecule has 0 amide bonds. The van der Waals surface area contributed by atoms with Crippen molar-refractivity contribution in [3.05, 3.63) is 58.7 Å². The second-order valence-electron chi connectivity index (χ2n) is 5.25. The van der Waals surface area contributed by atoms with Gasteiger partial charge >= 0.3 is 0 Å². The van der Waals surface area contributed by atoms with E-state index in [-0.39, 0.29) is 12.4 Å². The molecule has 0 aromatic heterocycles. The molecule has 0 aliphatic carbocycles. The normalized spacial score (nSPS) is 21.8. The number of halogens is 1. The lowest BCUT2D eigenvalue weighted by atomic mass is 10.1. The minimum atomic E-state index is -0.0951. The topological polar surface area (TPSA) is 30.8 Å². The van der Waals surface area contributed by atoms with Crippen LogP contribution in [0.3, 0.4) is 0 Å². The number of ether oxygens (including phenoxy) is 2. The molecule has 1 aromatic carbocycles. The number of hydrogen-bond acceptors (Lipinski definition) is 3. The van der Waals surface area contributed by atoms with Crippen LogP contribution in [0, 0.1) is 0 Å². The van der Waals surface area contributed by atoms with Crippen molar-refractivity contribution in [2.75, 3.05) is 6.61 Å². The van der Waals surface area contributed by atoms with Crippen molar-refractivity contribution in [2.45, 2.75) is 38.1 Å². The van der Waals surface area contributed by atoms with Crippen molar-refractivity contribution in [1.82, 2.24) is 0 Å². The summed E-state index contributed by atoms with van der Waals surface area (Å²) in [5.74, 6) is 0. The summed E-state index contributed by atoms with van der Waals surface area (Å²) in [4.78, 5) is 3.76. The van der Waals surface area contributed by atoms with Crippen LogP contribution >= 0.6 is 15.9 Å². The predicted molar refractivity (Wildman–Crippen MR) is 94.0 cm³/mol. The molecule has 2 rings (SSSR count). The van der Waals surface area contributed by atoms with Crippen molar-refractivity contribution < 1.29 is 9.47 Å². The highest BCUT2D eigenvalue weighted by atomic mass is 79.9. The van der Waals surface area contributed by atoms with Gasteiger partial charge in [0.2, 0.25) is 0 Å². The Bertz CT molecular complexity index is 524. The SMILES string of the molecule is C=C/C(=C\N=C)CCCOC1CCC(c2ccc(Br)cc2)O1. The fourth-order valence-corrected chi connectivity index (χ4v) is 2.74. The molecule has 2 unspecified atom stereocenters. The van der Waals surface area contributed by atoms with E-state index < -0.39 is 0 Å². The Labute approximate surface area is 140 Å². The highest BCUT2D eigenvalue weighted by Crippen LogP contribution is 2.33. The molecule has 0 spiro atoms. The average molecular weight is 364 g/mol. The van der Waals surface area contributed by atoms with Gasteiger partial charge in [-0.05, 0) is 49.2 Å². The molecule has 1 saturated heterocycles. The summed E-state index contributed by atoms with van der Waals surface area (Å²) < 4.78 is 12.9. The Morgan fingerprint density at radius 1 is 1.36 bits per heavy atom. The molecule has 1 fully saturated rings. The standard InChI is InChI=1S/C18H22BrNO2/c1-3-14(13-20-2)5-4-12-21-18-11-10-17(22-18)15-6-8-16(19)9-7-15/h3,6-9,13,17-18H,1-2,4-5,10-12H2/b14-13+. The lowest BCUT2D eigenvalue weighted by molar-refractivity contribution is -0.135. The average Bonchev–Trinajstić information content (AvgIpc) is 3.00. The predicted octanol–water partition coefficient (Wildman–Crippen LogP) is 5.19. The molecule has 118 valence electrons. The summed E-state index contributed by atoms with van der Waals surface area (Å²) in [6, 6.07) is 8.29. The Morgan fingerprint density at radius 3 is 2.82 bits per heavy atom. The molecule has 0 saturated carbocycles. The largest absolute Gasteiger partial charge is 0.353 e. The summed E-state index contributed by atoms with van der Waals surface area (Å²) in [7, 11) is 0. The zero-order valence-electron chi connectivity index (χ0n) is 12.7. The smallest absolute Gasteiger partial charge is 0.158 e. The zero-order chi connectivity index (χ0) is 15.8. The zero-order valence-corrected chi connectivity index (χ0v) is 14.3. The van der Waals surface area contributed by atoms with E-state index in [0.717, 1.165) is 35.7 Å². The first-order chi connectivity index (χ1) is 10.7. The van der Waals surface area contributed by atoms with E-state index in [1.165, 1.54) is 5.56 Å². The summed E-state index contributed by atoms with van der Waals surface area (Å²) >= 11 is 3.45. The maximum Gasteiger partial charge on any atom is 0.158 e. The summed E-state index contributed by atoms with van der Waals surface area (Å²) in [6.45, 7) is 7.90. The Balaban J connectivity index is 1.70. The molecule has 1 heterocycles. The van der Waals surface area contributed by atoms with Gasteiger partial charge in [0.05, 0.1) is 12.7 Å². The first kappa shape index (κ1) is 17.1. The van der Waals surface area contributed by atoms with Gasteiger partial charge in [0.25, 0.3) is 0 Å². The summed E-state index contributed by atoms with van der Waals surface area (Å²) in [5, 5.41) is 0. The first-order valence-electron chi connectivity index (χ1n) is 7.52. The summed E-state index contributed by atoms with van der Waals surface area (Å²) in [5.41, 5.74) is 2.29. The van der Waals surface area contributed by atoms with E-state index in [1.807, 2.05) is 18.2 Å². The van der Waals surface area contributed by atoms with Gasteiger partial charge in [0.15, 0.2) is 6.29 Å². The molecule has 1 aromatic rings. The lowest BCUT2D eigenvalue weighted by Crippen LogP contribution is -2.12. The van der Waals surface area contributed by atoms with Crippen LogP contribution in [-0.4, -0.2) is 19.6 Å². The first-order valence-corrected chi connectivity index (χ1v) is 8.32. The van der Waals surface area contributed by atoms with Crippen LogP contribution in [0.1, 0.15) is 37.4 Å². The van der Waals surface area contributed by atoms with E-state index in [1.54, 1.807) is 6.20 Å². The van der Waals surface area contributed by atoms with Gasteiger partial charge in [0.1, 0.15) is 0 Å². The van der Waals surface area contributed by atoms with E-state index in [2.05, 4.69) is 46.4 Å². The van der Waals surface area contributed by atoms with Crippen LogP contribution in [0.5, 0.6) is 0 Å². The third kappa shape index (κ3) is 5.20. The molecule has 22 heavy (non-hydrogen) atoms. The van der Waals surface area contributed by atoms with Crippen molar-refractivity contribution in [3.63, 3.8) is 0 Å². The van der Waals surface area contributed by atoms with Crippen molar-refractivity contribution >= 4 is 22.6 Å². The van der Waals surface area contributed by atoms with Crippen molar-refractivity contribution in [1.29, 1.82) is 0 Å². The number of nitrogens with zero attached hydrogens (tertiary/aromatic N) is 1. The highest BCUT2D eigenvalue weighted by molar-refractivity contribution is 9.10. The van der Waals surface area contributed by atoms with E-state index >= 15 is 0 Å². The number of rotatable bonds is 8. The molecule has 4 heteroatoms. The Hall–Kier alpha value is -1.23. The lowest BCUT2D eigenvalue weighted by Gasteiger charge is -2.15.